The summed E-state index contributed by atoms with van der Waals surface area (Å²) in [5.41, 5.74) is 0. The van der Waals surface area contributed by atoms with E-state index in [0.29, 0.717) is 16.5 Å². The van der Waals surface area contributed by atoms with Gasteiger partial charge in [0.25, 0.3) is 0 Å². The molecule has 15 heavy (non-hydrogen) atoms. The Labute approximate surface area is 92.3 Å². The molecule has 0 fully saturated rings. The van der Waals surface area contributed by atoms with Crippen LogP contribution >= 0.6 is 11.3 Å². The van der Waals surface area contributed by atoms with Crippen molar-refractivity contribution in [2.45, 2.75) is 20.8 Å². The lowest BCUT2D eigenvalue weighted by atomic mass is 10.1. The van der Waals surface area contributed by atoms with Crippen LogP contribution in [0, 0.1) is 5.92 Å². The third-order valence-corrected chi connectivity index (χ3v) is 2.71. The molecule has 5 heteroatoms. The van der Waals surface area contributed by atoms with Crippen molar-refractivity contribution in [1.29, 1.82) is 0 Å². The maximum atomic E-state index is 11.5. The fourth-order valence-corrected chi connectivity index (χ4v) is 1.83. The van der Waals surface area contributed by atoms with Gasteiger partial charge >= 0.3 is 5.97 Å². The topological polar surface area (TPSA) is 56.3 Å². The Balaban J connectivity index is 2.80. The molecule has 82 valence electrons. The summed E-state index contributed by atoms with van der Waals surface area (Å²) >= 11 is 1.08. The number of hydrogen-bond acceptors (Lipinski definition) is 5. The molecule has 0 aliphatic carbocycles. The summed E-state index contributed by atoms with van der Waals surface area (Å²) in [5.74, 6) is -0.570. The molecule has 0 saturated carbocycles. The standard InChI is InChI=1S/C10H13NO3S/c1-4-14-10(13)7-5-11-9(15-7)8(12)6(2)3/h5-6H,4H2,1-3H3. The van der Waals surface area contributed by atoms with Crippen molar-refractivity contribution in [3.8, 4) is 0 Å². The van der Waals surface area contributed by atoms with Crippen LogP contribution in [0.4, 0.5) is 0 Å². The third kappa shape index (κ3) is 2.86. The molecule has 0 aliphatic rings. The second-order valence-corrected chi connectivity index (χ2v) is 4.30. The maximum Gasteiger partial charge on any atom is 0.349 e. The van der Waals surface area contributed by atoms with Gasteiger partial charge in [0.15, 0.2) is 10.8 Å². The van der Waals surface area contributed by atoms with E-state index in [9.17, 15) is 9.59 Å². The third-order valence-electron chi connectivity index (χ3n) is 1.72. The molecular weight excluding hydrogens is 214 g/mol. The fraction of sp³-hybridized carbons (Fsp3) is 0.500. The molecule has 1 rings (SSSR count). The van der Waals surface area contributed by atoms with E-state index in [-0.39, 0.29) is 11.7 Å². The number of carbonyl (C=O) groups is 2. The first-order chi connectivity index (χ1) is 7.06. The van der Waals surface area contributed by atoms with Crippen molar-refractivity contribution in [2.75, 3.05) is 6.61 Å². The number of esters is 1. The summed E-state index contributed by atoms with van der Waals surface area (Å²) in [5, 5.41) is 0.369. The Morgan fingerprint density at radius 2 is 2.20 bits per heavy atom. The van der Waals surface area contributed by atoms with Crippen molar-refractivity contribution >= 4 is 23.1 Å². The molecule has 0 amide bonds. The zero-order valence-electron chi connectivity index (χ0n) is 8.94. The van der Waals surface area contributed by atoms with Crippen molar-refractivity contribution in [3.63, 3.8) is 0 Å². The highest BCUT2D eigenvalue weighted by Gasteiger charge is 2.18. The van der Waals surface area contributed by atoms with E-state index in [4.69, 9.17) is 4.74 Å². The normalized spacial score (nSPS) is 10.4. The molecule has 0 radical (unpaired) electrons. The van der Waals surface area contributed by atoms with Gasteiger partial charge in [-0.3, -0.25) is 4.79 Å². The molecule has 0 saturated heterocycles. The van der Waals surface area contributed by atoms with Gasteiger partial charge in [-0.2, -0.15) is 0 Å². The van der Waals surface area contributed by atoms with Gasteiger partial charge in [-0.25, -0.2) is 9.78 Å². The monoisotopic (exact) mass is 227 g/mol. The van der Waals surface area contributed by atoms with Crippen LogP contribution in [0.1, 0.15) is 40.2 Å². The number of carbonyl (C=O) groups excluding carboxylic acids is 2. The summed E-state index contributed by atoms with van der Waals surface area (Å²) in [6, 6.07) is 0. The second kappa shape index (κ2) is 5.02. The minimum Gasteiger partial charge on any atom is -0.462 e. The number of Topliss-reactive ketones (excluding diaryl/α,β-unsaturated/α-hetero) is 1. The van der Waals surface area contributed by atoms with Crippen LogP contribution in [0.3, 0.4) is 0 Å². The first-order valence-corrected chi connectivity index (χ1v) is 5.55. The second-order valence-electron chi connectivity index (χ2n) is 3.27. The van der Waals surface area contributed by atoms with E-state index in [1.807, 2.05) is 0 Å². The van der Waals surface area contributed by atoms with E-state index in [2.05, 4.69) is 4.98 Å². The van der Waals surface area contributed by atoms with Crippen LogP contribution in [-0.4, -0.2) is 23.3 Å². The average molecular weight is 227 g/mol. The fourth-order valence-electron chi connectivity index (χ4n) is 0.932. The predicted molar refractivity (Wildman–Crippen MR) is 57.2 cm³/mol. The Kier molecular flexibility index (Phi) is 3.96. The van der Waals surface area contributed by atoms with Gasteiger partial charge in [-0.1, -0.05) is 13.8 Å². The van der Waals surface area contributed by atoms with Crippen molar-refractivity contribution in [1.82, 2.24) is 4.98 Å². The molecule has 0 unspecified atom stereocenters. The first kappa shape index (κ1) is 11.8. The van der Waals surface area contributed by atoms with Crippen LogP contribution in [0.15, 0.2) is 6.20 Å². The Bertz CT molecular complexity index is 370. The van der Waals surface area contributed by atoms with E-state index < -0.39 is 5.97 Å². The molecule has 0 spiro atoms. The largest absolute Gasteiger partial charge is 0.462 e. The molecule has 1 heterocycles. The van der Waals surface area contributed by atoms with Gasteiger partial charge in [0.05, 0.1) is 12.8 Å². The number of ketones is 1. The summed E-state index contributed by atoms with van der Waals surface area (Å²) in [6.07, 6.45) is 1.39. The summed E-state index contributed by atoms with van der Waals surface area (Å²) in [6.45, 7) is 5.66. The number of nitrogens with zero attached hydrogens (tertiary/aromatic N) is 1. The van der Waals surface area contributed by atoms with Gasteiger partial charge < -0.3 is 4.74 Å². The number of hydrogen-bond donors (Lipinski definition) is 0. The minimum absolute atomic E-state index is 0.0458. The van der Waals surface area contributed by atoms with Crippen molar-refractivity contribution in [2.24, 2.45) is 5.92 Å². The molecule has 4 nitrogen and oxygen atoms in total. The van der Waals surface area contributed by atoms with Gasteiger partial charge in [0, 0.05) is 5.92 Å². The Morgan fingerprint density at radius 3 is 2.73 bits per heavy atom. The molecule has 0 N–H and O–H groups in total. The molecule has 0 aromatic carbocycles. The van der Waals surface area contributed by atoms with Crippen LogP contribution in [0.2, 0.25) is 0 Å². The number of rotatable bonds is 4. The molecule has 0 bridgehead atoms. The summed E-state index contributed by atoms with van der Waals surface area (Å²) < 4.78 is 4.80. The van der Waals surface area contributed by atoms with Gasteiger partial charge in [0.1, 0.15) is 4.88 Å². The summed E-state index contributed by atoms with van der Waals surface area (Å²) in [4.78, 5) is 27.1. The van der Waals surface area contributed by atoms with E-state index in [1.54, 1.807) is 20.8 Å². The van der Waals surface area contributed by atoms with Crippen LogP contribution in [0.25, 0.3) is 0 Å². The van der Waals surface area contributed by atoms with Crippen LogP contribution in [-0.2, 0) is 4.74 Å². The summed E-state index contributed by atoms with van der Waals surface area (Å²) in [7, 11) is 0. The molecular formula is C10H13NO3S. The Morgan fingerprint density at radius 1 is 1.53 bits per heavy atom. The van der Waals surface area contributed by atoms with Crippen LogP contribution in [0.5, 0.6) is 0 Å². The highest BCUT2D eigenvalue weighted by Crippen LogP contribution is 2.17. The smallest absolute Gasteiger partial charge is 0.349 e. The zero-order valence-corrected chi connectivity index (χ0v) is 9.76. The van der Waals surface area contributed by atoms with Crippen molar-refractivity contribution < 1.29 is 14.3 Å². The van der Waals surface area contributed by atoms with Gasteiger partial charge in [-0.05, 0) is 6.92 Å². The SMILES string of the molecule is CCOC(=O)c1cnc(C(=O)C(C)C)s1. The highest BCUT2D eigenvalue weighted by molar-refractivity contribution is 7.15. The quantitative estimate of drug-likeness (QED) is 0.584. The predicted octanol–water partition coefficient (Wildman–Crippen LogP) is 2.16. The minimum atomic E-state index is -0.419. The lowest BCUT2D eigenvalue weighted by Crippen LogP contribution is -2.06. The lowest BCUT2D eigenvalue weighted by Gasteiger charge is -1.98. The molecule has 1 aromatic rings. The van der Waals surface area contributed by atoms with Crippen molar-refractivity contribution in [3.05, 3.63) is 16.1 Å². The Hall–Kier alpha value is -1.23. The number of thiazole rings is 1. The van der Waals surface area contributed by atoms with E-state index in [0.717, 1.165) is 11.3 Å². The van der Waals surface area contributed by atoms with Gasteiger partial charge in [-0.15, -0.1) is 11.3 Å². The number of ether oxygens (including phenoxy) is 1. The average Bonchev–Trinajstić information content (AvgIpc) is 2.65. The highest BCUT2D eigenvalue weighted by atomic mass is 32.1. The number of aromatic nitrogens is 1. The first-order valence-electron chi connectivity index (χ1n) is 4.73. The van der Waals surface area contributed by atoms with E-state index >= 15 is 0 Å². The zero-order chi connectivity index (χ0) is 11.4. The maximum absolute atomic E-state index is 11.5. The molecule has 0 atom stereocenters. The van der Waals surface area contributed by atoms with E-state index in [1.165, 1.54) is 6.20 Å². The van der Waals surface area contributed by atoms with Gasteiger partial charge in [0.2, 0.25) is 0 Å². The molecule has 1 aromatic heterocycles. The van der Waals surface area contributed by atoms with Crippen LogP contribution < -0.4 is 0 Å². The molecule has 0 aliphatic heterocycles. The lowest BCUT2D eigenvalue weighted by molar-refractivity contribution is 0.0531.